The molecule has 0 radical (unpaired) electrons. The highest BCUT2D eigenvalue weighted by Crippen LogP contribution is 2.48. The SMILES string of the molecule is C.C.CC(C)O.CC(C)OP(C)(=O)N(C)CC(N)=O.CC(C)OP(C)(=O)N1CCN(C(=O)OCCOCCOCCO)CC1. The molecule has 0 aromatic rings. The van der Waals surface area contributed by atoms with Crippen LogP contribution in [0.25, 0.3) is 0 Å². The van der Waals surface area contributed by atoms with E-state index in [1.54, 1.807) is 51.0 Å². The highest BCUT2D eigenvalue weighted by molar-refractivity contribution is 7.55. The number of aliphatic hydroxyl groups excluding tert-OH is 2. The van der Waals surface area contributed by atoms with Gasteiger partial charge in [0.25, 0.3) is 15.0 Å². The Kier molecular flexibility index (Phi) is 30.6. The lowest BCUT2D eigenvalue weighted by Crippen LogP contribution is -2.47. The van der Waals surface area contributed by atoms with Gasteiger partial charge in [-0.1, -0.05) is 14.9 Å². The Morgan fingerprint density at radius 1 is 0.841 bits per heavy atom. The zero-order chi connectivity index (χ0) is 32.9. The zero-order valence-corrected chi connectivity index (χ0v) is 28.7. The van der Waals surface area contributed by atoms with Crippen LogP contribution in [0.2, 0.25) is 0 Å². The largest absolute Gasteiger partial charge is 0.447 e. The average molecular weight is 683 g/mol. The fraction of sp³-hybridized carbons (Fsp3) is 0.926. The Labute approximate surface area is 266 Å². The van der Waals surface area contributed by atoms with Crippen LogP contribution in [0, 0.1) is 0 Å². The van der Waals surface area contributed by atoms with Crippen LogP contribution in [-0.2, 0) is 37.2 Å². The van der Waals surface area contributed by atoms with Crippen LogP contribution in [0.3, 0.4) is 0 Å². The first-order chi connectivity index (χ1) is 19.3. The molecule has 1 rings (SSSR count). The molecule has 0 aromatic heterocycles. The van der Waals surface area contributed by atoms with Crippen molar-refractivity contribution in [2.45, 2.75) is 74.7 Å². The lowest BCUT2D eigenvalue weighted by molar-refractivity contribution is -0.118. The summed E-state index contributed by atoms with van der Waals surface area (Å²) in [6.07, 6.45) is -0.797. The number of rotatable bonds is 16. The minimum atomic E-state index is -2.86. The number of carbonyl (C=O) groups is 2. The minimum Gasteiger partial charge on any atom is -0.447 e. The molecule has 0 spiro atoms. The van der Waals surface area contributed by atoms with Crippen molar-refractivity contribution in [2.24, 2.45) is 5.73 Å². The van der Waals surface area contributed by atoms with Crippen LogP contribution in [0.1, 0.15) is 56.4 Å². The number of primary amides is 1. The normalized spacial score (nSPS) is 16.0. The molecular formula is C27H64N4O11P2. The standard InChI is InChI=1S/C15H31N2O7P.C7H17N2O3P.C3H8O.2CH4/c1-14(2)24-25(3,20)17-6-4-16(5-7-17)15(19)23-13-12-22-11-10-21-9-8-18;1-6(2)12-13(4,11)9(3)5-7(8)10;1-3(2)4;;/h14,18H,4-13H2,1-3H3;6H,5H2,1-4H3,(H2,8,10);3-4H,1-2H3;2*1H4. The van der Waals surface area contributed by atoms with Gasteiger partial charge in [0.2, 0.25) is 5.91 Å². The molecule has 1 aliphatic heterocycles. The molecule has 1 saturated heterocycles. The summed E-state index contributed by atoms with van der Waals surface area (Å²) in [4.78, 5) is 24.1. The van der Waals surface area contributed by atoms with E-state index in [-0.39, 0.29) is 59.5 Å². The van der Waals surface area contributed by atoms with Crippen molar-refractivity contribution < 1.29 is 52.2 Å². The van der Waals surface area contributed by atoms with Crippen molar-refractivity contribution in [3.63, 3.8) is 0 Å². The molecular weight excluding hydrogens is 618 g/mol. The maximum absolute atomic E-state index is 12.5. The second kappa shape index (κ2) is 27.0. The van der Waals surface area contributed by atoms with Crippen molar-refractivity contribution in [3.8, 4) is 0 Å². The van der Waals surface area contributed by atoms with Gasteiger partial charge in [0.15, 0.2) is 0 Å². The fourth-order valence-electron chi connectivity index (χ4n) is 3.19. The van der Waals surface area contributed by atoms with Gasteiger partial charge in [-0.25, -0.2) is 14.1 Å². The summed E-state index contributed by atoms with van der Waals surface area (Å²) >= 11 is 0. The highest BCUT2D eigenvalue weighted by Gasteiger charge is 2.32. The second-order valence-electron chi connectivity index (χ2n) is 10.3. The predicted octanol–water partition coefficient (Wildman–Crippen LogP) is 3.32. The van der Waals surface area contributed by atoms with Crippen molar-refractivity contribution in [1.82, 2.24) is 14.2 Å². The van der Waals surface area contributed by atoms with E-state index in [9.17, 15) is 18.7 Å². The summed E-state index contributed by atoms with van der Waals surface area (Å²) in [6, 6.07) is 0. The topological polar surface area (TPSA) is 191 Å². The van der Waals surface area contributed by atoms with E-state index in [0.29, 0.717) is 46.0 Å². The lowest BCUT2D eigenvalue weighted by Gasteiger charge is -2.37. The molecule has 0 aliphatic carbocycles. The summed E-state index contributed by atoms with van der Waals surface area (Å²) in [7, 11) is -4.13. The molecule has 2 atom stereocenters. The van der Waals surface area contributed by atoms with Crippen LogP contribution in [0.5, 0.6) is 0 Å². The van der Waals surface area contributed by atoms with Crippen LogP contribution >= 0.6 is 15.0 Å². The number of carbonyl (C=O) groups excluding carboxylic acids is 2. The van der Waals surface area contributed by atoms with Crippen molar-refractivity contribution in [1.29, 1.82) is 0 Å². The Hall–Kier alpha value is -1.12. The fourth-order valence-corrected chi connectivity index (χ4v) is 6.35. The van der Waals surface area contributed by atoms with Crippen molar-refractivity contribution in [2.75, 3.05) is 92.7 Å². The van der Waals surface area contributed by atoms with Gasteiger partial charge >= 0.3 is 6.09 Å². The molecule has 1 fully saturated rings. The lowest BCUT2D eigenvalue weighted by atomic mass is 10.4. The second-order valence-corrected chi connectivity index (χ2v) is 15.2. The molecule has 44 heavy (non-hydrogen) atoms. The van der Waals surface area contributed by atoms with Crippen LogP contribution in [0.4, 0.5) is 4.79 Å². The number of ether oxygens (including phenoxy) is 3. The number of hydrogen-bond acceptors (Lipinski definition) is 11. The molecule has 1 heterocycles. The Morgan fingerprint density at radius 2 is 1.27 bits per heavy atom. The summed E-state index contributed by atoms with van der Waals surface area (Å²) in [5.41, 5.74) is 4.96. The van der Waals surface area contributed by atoms with E-state index in [2.05, 4.69) is 0 Å². The third kappa shape index (κ3) is 27.2. The van der Waals surface area contributed by atoms with E-state index >= 15 is 0 Å². The number of piperazine rings is 1. The Morgan fingerprint density at radius 3 is 1.68 bits per heavy atom. The van der Waals surface area contributed by atoms with Crippen molar-refractivity contribution >= 4 is 27.0 Å². The molecule has 4 N–H and O–H groups in total. The number of amides is 2. The predicted molar refractivity (Wildman–Crippen MR) is 175 cm³/mol. The first-order valence-electron chi connectivity index (χ1n) is 14.0. The third-order valence-corrected chi connectivity index (χ3v) is 9.34. The van der Waals surface area contributed by atoms with Gasteiger partial charge in [0, 0.05) is 45.6 Å². The third-order valence-electron chi connectivity index (χ3n) is 4.91. The minimum absolute atomic E-state index is 0. The van der Waals surface area contributed by atoms with Gasteiger partial charge in [-0.15, -0.1) is 0 Å². The average Bonchev–Trinajstić information content (AvgIpc) is 2.84. The van der Waals surface area contributed by atoms with Gasteiger partial charge in [-0.2, -0.15) is 0 Å². The van der Waals surface area contributed by atoms with E-state index < -0.39 is 27.0 Å². The van der Waals surface area contributed by atoms with E-state index in [0.717, 1.165) is 0 Å². The van der Waals surface area contributed by atoms with Gasteiger partial charge in [-0.3, -0.25) is 13.9 Å². The van der Waals surface area contributed by atoms with Gasteiger partial charge in [-0.05, 0) is 48.6 Å². The summed E-state index contributed by atoms with van der Waals surface area (Å²) in [5.74, 6) is -0.517. The van der Waals surface area contributed by atoms with Crippen LogP contribution < -0.4 is 5.73 Å². The highest BCUT2D eigenvalue weighted by atomic mass is 31.2. The number of likely N-dealkylation sites (N-methyl/N-ethyl adjacent to an activating group) is 1. The number of hydrogen-bond donors (Lipinski definition) is 3. The van der Waals surface area contributed by atoms with E-state index in [1.807, 2.05) is 13.8 Å². The molecule has 2 unspecified atom stereocenters. The maximum atomic E-state index is 12.5. The molecule has 0 aromatic carbocycles. The smallest absolute Gasteiger partial charge is 0.409 e. The molecule has 0 saturated carbocycles. The quantitative estimate of drug-likeness (QED) is 0.159. The first kappa shape index (κ1) is 49.8. The van der Waals surface area contributed by atoms with Crippen molar-refractivity contribution in [3.05, 3.63) is 0 Å². The maximum Gasteiger partial charge on any atom is 0.409 e. The van der Waals surface area contributed by atoms with E-state index in [4.69, 9.17) is 39.2 Å². The Bertz CT molecular complexity index is 825. The number of nitrogens with zero attached hydrogens (tertiary/aromatic N) is 3. The summed E-state index contributed by atoms with van der Waals surface area (Å²) in [6.45, 7) is 17.2. The molecule has 268 valence electrons. The molecule has 15 nitrogen and oxygen atoms in total. The summed E-state index contributed by atoms with van der Waals surface area (Å²) < 4.78 is 53.5. The molecule has 0 bridgehead atoms. The zero-order valence-electron chi connectivity index (χ0n) is 26.9. The van der Waals surface area contributed by atoms with Crippen LogP contribution in [0.15, 0.2) is 0 Å². The molecule has 2 amide bonds. The Balaban J connectivity index is -0.000000356. The number of nitrogens with two attached hydrogens (primary N) is 1. The number of aliphatic hydroxyl groups is 2. The van der Waals surface area contributed by atoms with Gasteiger partial charge in [0.1, 0.15) is 6.61 Å². The molecule has 1 aliphatic rings. The van der Waals surface area contributed by atoms with Crippen LogP contribution in [-0.4, -0.2) is 148 Å². The first-order valence-corrected chi connectivity index (χ1v) is 18.0. The molecule has 17 heteroatoms. The van der Waals surface area contributed by atoms with Gasteiger partial charge < -0.3 is 44.1 Å². The van der Waals surface area contributed by atoms with E-state index in [1.165, 1.54) is 11.3 Å². The summed E-state index contributed by atoms with van der Waals surface area (Å²) in [5, 5.41) is 16.6. The van der Waals surface area contributed by atoms with Gasteiger partial charge in [0.05, 0.1) is 51.8 Å². The monoisotopic (exact) mass is 682 g/mol.